The van der Waals surface area contributed by atoms with Crippen molar-refractivity contribution in [2.75, 3.05) is 6.54 Å². The Morgan fingerprint density at radius 2 is 1.90 bits per heavy atom. The summed E-state index contributed by atoms with van der Waals surface area (Å²) in [5, 5.41) is 6.90. The quantitative estimate of drug-likeness (QED) is 0.915. The molecule has 1 N–H and O–H groups in total. The van der Waals surface area contributed by atoms with Gasteiger partial charge in [-0.2, -0.15) is 5.10 Å². The molecular formula is C16H19N3O2. The summed E-state index contributed by atoms with van der Waals surface area (Å²) in [5.41, 5.74) is 2.07. The van der Waals surface area contributed by atoms with Crippen LogP contribution in [0.2, 0.25) is 0 Å². The number of benzene rings is 1. The Hall–Kier alpha value is -2.43. The van der Waals surface area contributed by atoms with Gasteiger partial charge in [-0.25, -0.2) is 4.68 Å². The lowest BCUT2D eigenvalue weighted by Crippen LogP contribution is -2.31. The third-order valence-corrected chi connectivity index (χ3v) is 3.19. The van der Waals surface area contributed by atoms with Crippen LogP contribution >= 0.6 is 0 Å². The Kier molecular flexibility index (Phi) is 4.52. The Morgan fingerprint density at radius 3 is 2.52 bits per heavy atom. The van der Waals surface area contributed by atoms with Crippen molar-refractivity contribution in [3.8, 4) is 5.69 Å². The summed E-state index contributed by atoms with van der Waals surface area (Å²) < 4.78 is 1.71. The lowest BCUT2D eigenvalue weighted by molar-refractivity contribution is -0.120. The number of nitrogens with one attached hydrogen (secondary N) is 1. The summed E-state index contributed by atoms with van der Waals surface area (Å²) in [4.78, 5) is 23.6. The Bertz CT molecular complexity index is 645. The second-order valence-electron chi connectivity index (χ2n) is 5.22. The van der Waals surface area contributed by atoms with Crippen LogP contribution in [0.4, 0.5) is 0 Å². The van der Waals surface area contributed by atoms with Crippen LogP contribution in [0, 0.1) is 12.8 Å². The first-order chi connectivity index (χ1) is 9.99. The van der Waals surface area contributed by atoms with Gasteiger partial charge in [0.2, 0.25) is 0 Å². The molecule has 0 atom stereocenters. The van der Waals surface area contributed by atoms with Crippen LogP contribution in [0.1, 0.15) is 30.0 Å². The van der Waals surface area contributed by atoms with Gasteiger partial charge in [-0.1, -0.05) is 32.0 Å². The number of hydrogen-bond donors (Lipinski definition) is 1. The molecule has 0 unspecified atom stereocenters. The molecule has 0 aliphatic heterocycles. The third-order valence-electron chi connectivity index (χ3n) is 3.19. The highest BCUT2D eigenvalue weighted by Crippen LogP contribution is 2.11. The fourth-order valence-corrected chi connectivity index (χ4v) is 1.88. The van der Waals surface area contributed by atoms with Gasteiger partial charge in [0, 0.05) is 11.6 Å². The Morgan fingerprint density at radius 1 is 1.24 bits per heavy atom. The molecule has 2 aromatic rings. The predicted octanol–water partition coefficient (Wildman–Crippen LogP) is 2.14. The second-order valence-corrected chi connectivity index (χ2v) is 5.22. The molecule has 1 aromatic carbocycles. The fourth-order valence-electron chi connectivity index (χ4n) is 1.88. The van der Waals surface area contributed by atoms with E-state index in [0.717, 1.165) is 11.4 Å². The summed E-state index contributed by atoms with van der Waals surface area (Å²) in [6.07, 6.45) is 0. The first kappa shape index (κ1) is 15.0. The first-order valence-corrected chi connectivity index (χ1v) is 6.92. The maximum atomic E-state index is 12.0. The SMILES string of the molecule is Cc1cc(C(=O)NCC(=O)C(C)C)nn1-c1ccccc1. The van der Waals surface area contributed by atoms with Crippen LogP contribution in [0.25, 0.3) is 5.69 Å². The maximum Gasteiger partial charge on any atom is 0.272 e. The molecule has 1 aromatic heterocycles. The van der Waals surface area contributed by atoms with Crippen molar-refractivity contribution in [3.63, 3.8) is 0 Å². The topological polar surface area (TPSA) is 64.0 Å². The zero-order chi connectivity index (χ0) is 15.4. The standard InChI is InChI=1S/C16H19N3O2/c1-11(2)15(20)10-17-16(21)14-9-12(3)19(18-14)13-7-5-4-6-8-13/h4-9,11H,10H2,1-3H3,(H,17,21). The minimum Gasteiger partial charge on any atom is -0.344 e. The predicted molar refractivity (Wildman–Crippen MR) is 80.5 cm³/mol. The molecular weight excluding hydrogens is 266 g/mol. The Balaban J connectivity index is 2.12. The van der Waals surface area contributed by atoms with Crippen LogP contribution in [-0.2, 0) is 4.79 Å². The molecule has 21 heavy (non-hydrogen) atoms. The zero-order valence-corrected chi connectivity index (χ0v) is 12.5. The second kappa shape index (κ2) is 6.35. The van der Waals surface area contributed by atoms with E-state index in [1.54, 1.807) is 10.7 Å². The van der Waals surface area contributed by atoms with Crippen LogP contribution < -0.4 is 5.32 Å². The summed E-state index contributed by atoms with van der Waals surface area (Å²) in [6, 6.07) is 11.3. The molecule has 110 valence electrons. The van der Waals surface area contributed by atoms with E-state index in [9.17, 15) is 9.59 Å². The fraction of sp³-hybridized carbons (Fsp3) is 0.312. The summed E-state index contributed by atoms with van der Waals surface area (Å²) in [6.45, 7) is 5.54. The third kappa shape index (κ3) is 3.56. The van der Waals surface area contributed by atoms with Crippen LogP contribution in [0.3, 0.4) is 0 Å². The van der Waals surface area contributed by atoms with E-state index in [-0.39, 0.29) is 24.2 Å². The van der Waals surface area contributed by atoms with Gasteiger partial charge in [0.05, 0.1) is 12.2 Å². The van der Waals surface area contributed by atoms with Gasteiger partial charge in [-0.05, 0) is 25.1 Å². The first-order valence-electron chi connectivity index (χ1n) is 6.92. The molecule has 0 saturated carbocycles. The number of Topliss-reactive ketones (excluding diaryl/α,β-unsaturated/α-hetero) is 1. The number of carbonyl (C=O) groups excluding carboxylic acids is 2. The smallest absolute Gasteiger partial charge is 0.272 e. The van der Waals surface area contributed by atoms with Gasteiger partial charge >= 0.3 is 0 Å². The molecule has 0 fully saturated rings. The van der Waals surface area contributed by atoms with E-state index in [1.165, 1.54) is 0 Å². The lowest BCUT2D eigenvalue weighted by Gasteiger charge is -2.05. The molecule has 0 radical (unpaired) electrons. The highest BCUT2D eigenvalue weighted by Gasteiger charge is 2.15. The molecule has 1 heterocycles. The lowest BCUT2D eigenvalue weighted by atomic mass is 10.1. The van der Waals surface area contributed by atoms with Crippen molar-refractivity contribution in [3.05, 3.63) is 47.8 Å². The monoisotopic (exact) mass is 285 g/mol. The highest BCUT2D eigenvalue weighted by atomic mass is 16.2. The van der Waals surface area contributed by atoms with Gasteiger partial charge < -0.3 is 5.32 Å². The van der Waals surface area contributed by atoms with Crippen molar-refractivity contribution in [2.45, 2.75) is 20.8 Å². The summed E-state index contributed by atoms with van der Waals surface area (Å²) >= 11 is 0. The van der Waals surface area contributed by atoms with Crippen molar-refractivity contribution >= 4 is 11.7 Å². The van der Waals surface area contributed by atoms with Crippen molar-refractivity contribution in [1.29, 1.82) is 0 Å². The molecule has 5 heteroatoms. The number of rotatable bonds is 5. The van der Waals surface area contributed by atoms with E-state index in [1.807, 2.05) is 51.1 Å². The van der Waals surface area contributed by atoms with Crippen molar-refractivity contribution in [2.24, 2.45) is 5.92 Å². The molecule has 0 bridgehead atoms. The summed E-state index contributed by atoms with van der Waals surface area (Å²) in [5.74, 6) is -0.418. The van der Waals surface area contributed by atoms with E-state index in [2.05, 4.69) is 10.4 Å². The average Bonchev–Trinajstić information content (AvgIpc) is 2.87. The van der Waals surface area contributed by atoms with Gasteiger partial charge in [0.25, 0.3) is 5.91 Å². The Labute approximate surface area is 124 Å². The average molecular weight is 285 g/mol. The molecule has 0 spiro atoms. The van der Waals surface area contributed by atoms with E-state index in [0.29, 0.717) is 5.69 Å². The van der Waals surface area contributed by atoms with Crippen molar-refractivity contribution < 1.29 is 9.59 Å². The summed E-state index contributed by atoms with van der Waals surface area (Å²) in [7, 11) is 0. The normalized spacial score (nSPS) is 10.7. The minimum atomic E-state index is -0.332. The largest absolute Gasteiger partial charge is 0.344 e. The molecule has 1 amide bonds. The minimum absolute atomic E-state index is 0.00237. The van der Waals surface area contributed by atoms with E-state index >= 15 is 0 Å². The van der Waals surface area contributed by atoms with Crippen LogP contribution in [-0.4, -0.2) is 28.0 Å². The van der Waals surface area contributed by atoms with Gasteiger partial charge in [0.15, 0.2) is 11.5 Å². The van der Waals surface area contributed by atoms with E-state index in [4.69, 9.17) is 0 Å². The van der Waals surface area contributed by atoms with Gasteiger partial charge in [-0.3, -0.25) is 9.59 Å². The van der Waals surface area contributed by atoms with Gasteiger partial charge in [-0.15, -0.1) is 0 Å². The highest BCUT2D eigenvalue weighted by molar-refractivity contribution is 5.95. The molecule has 5 nitrogen and oxygen atoms in total. The van der Waals surface area contributed by atoms with E-state index < -0.39 is 0 Å². The molecule has 0 saturated heterocycles. The number of aromatic nitrogens is 2. The number of ketones is 1. The maximum absolute atomic E-state index is 12.0. The zero-order valence-electron chi connectivity index (χ0n) is 12.5. The molecule has 2 rings (SSSR count). The number of hydrogen-bond acceptors (Lipinski definition) is 3. The van der Waals surface area contributed by atoms with Crippen LogP contribution in [0.15, 0.2) is 36.4 Å². The molecule has 0 aliphatic carbocycles. The number of carbonyl (C=O) groups is 2. The number of amides is 1. The van der Waals surface area contributed by atoms with Crippen molar-refractivity contribution in [1.82, 2.24) is 15.1 Å². The number of nitrogens with zero attached hydrogens (tertiary/aromatic N) is 2. The van der Waals surface area contributed by atoms with Gasteiger partial charge in [0.1, 0.15) is 0 Å². The number of aryl methyl sites for hydroxylation is 1. The van der Waals surface area contributed by atoms with Crippen LogP contribution in [0.5, 0.6) is 0 Å². The molecule has 0 aliphatic rings. The number of para-hydroxylation sites is 1.